The van der Waals surface area contributed by atoms with E-state index in [4.69, 9.17) is 4.42 Å². The first-order valence-electron chi connectivity index (χ1n) is 15.2. The zero-order valence-electron chi connectivity index (χ0n) is 25.3. The van der Waals surface area contributed by atoms with Crippen LogP contribution >= 0.6 is 11.8 Å². The second-order valence-electron chi connectivity index (χ2n) is 11.5. The predicted octanol–water partition coefficient (Wildman–Crippen LogP) is 5.80. The second kappa shape index (κ2) is 12.7. The van der Waals surface area contributed by atoms with Gasteiger partial charge in [-0.1, -0.05) is 61.2 Å². The summed E-state index contributed by atoms with van der Waals surface area (Å²) in [6.45, 7) is 4.16. The molecular formula is C37H30N4O5S. The van der Waals surface area contributed by atoms with Crippen molar-refractivity contribution < 1.29 is 23.6 Å². The smallest absolute Gasteiger partial charge is 0.259 e. The molecular weight excluding hydrogens is 612 g/mol. The van der Waals surface area contributed by atoms with Crippen LogP contribution in [0, 0.1) is 0 Å². The van der Waals surface area contributed by atoms with Gasteiger partial charge in [0.05, 0.1) is 12.0 Å². The Hall–Kier alpha value is -5.48. The Labute approximate surface area is 275 Å². The summed E-state index contributed by atoms with van der Waals surface area (Å²) in [7, 11) is 0. The Bertz CT molecular complexity index is 2010. The molecule has 0 radical (unpaired) electrons. The molecule has 5 aromatic rings. The van der Waals surface area contributed by atoms with E-state index >= 15 is 0 Å². The van der Waals surface area contributed by atoms with Crippen LogP contribution in [0.2, 0.25) is 0 Å². The third-order valence-corrected chi connectivity index (χ3v) is 9.54. The van der Waals surface area contributed by atoms with E-state index < -0.39 is 18.0 Å². The van der Waals surface area contributed by atoms with Crippen LogP contribution in [0.1, 0.15) is 57.3 Å². The van der Waals surface area contributed by atoms with Gasteiger partial charge in [-0.05, 0) is 47.9 Å². The number of rotatable bonds is 9. The van der Waals surface area contributed by atoms with E-state index in [1.165, 1.54) is 4.90 Å². The van der Waals surface area contributed by atoms with Crippen molar-refractivity contribution >= 4 is 52.1 Å². The molecule has 7 rings (SSSR count). The summed E-state index contributed by atoms with van der Waals surface area (Å²) in [4.78, 5) is 57.3. The quantitative estimate of drug-likeness (QED) is 0.154. The number of benzene rings is 3. The van der Waals surface area contributed by atoms with Crippen LogP contribution in [0.15, 0.2) is 113 Å². The molecule has 0 bridgehead atoms. The first kappa shape index (κ1) is 30.2. The van der Waals surface area contributed by atoms with Crippen molar-refractivity contribution in [3.63, 3.8) is 0 Å². The van der Waals surface area contributed by atoms with Crippen molar-refractivity contribution in [1.82, 2.24) is 20.5 Å². The molecule has 47 heavy (non-hydrogen) atoms. The summed E-state index contributed by atoms with van der Waals surface area (Å²) in [5.74, 6) is 0.0181. The largest absolute Gasteiger partial charge is 0.459 e. The van der Waals surface area contributed by atoms with Gasteiger partial charge in [-0.3, -0.25) is 34.4 Å². The highest BCUT2D eigenvalue weighted by molar-refractivity contribution is 7.98. The molecule has 2 atom stereocenters. The van der Waals surface area contributed by atoms with Gasteiger partial charge in [0.1, 0.15) is 23.4 Å². The molecule has 1 fully saturated rings. The van der Waals surface area contributed by atoms with E-state index in [9.17, 15) is 19.2 Å². The highest BCUT2D eigenvalue weighted by Gasteiger charge is 2.42. The topological polar surface area (TPSA) is 122 Å². The number of nitrogens with zero attached hydrogens (tertiary/aromatic N) is 2. The van der Waals surface area contributed by atoms with E-state index in [0.717, 1.165) is 32.6 Å². The van der Waals surface area contributed by atoms with Crippen LogP contribution in [0.25, 0.3) is 16.7 Å². The standard InChI is InChI=1S/C37H30N4O5S/c1-22-34-27(37(45)41(22)28-15-16-32(42)40-36(28)44)8-4-10-31(34)47-21-24-13-11-23(12-14-24)18-33(43)39-35(26-7-5-17-38-20-26)30-19-25-6-2-3-9-29(25)46-30/h2-14,17,19-20,28,35H,1,15-16,18,21H2,(H,39,43)(H,40,42,44). The number of pyridine rings is 1. The zero-order chi connectivity index (χ0) is 32.5. The number of piperidine rings is 1. The van der Waals surface area contributed by atoms with Crippen molar-refractivity contribution in [1.29, 1.82) is 0 Å². The Morgan fingerprint density at radius 2 is 1.83 bits per heavy atom. The van der Waals surface area contributed by atoms with Crippen molar-refractivity contribution in [2.24, 2.45) is 0 Å². The minimum absolute atomic E-state index is 0.148. The number of nitrogens with one attached hydrogen (secondary N) is 2. The normalized spacial score (nSPS) is 16.7. The van der Waals surface area contributed by atoms with Crippen molar-refractivity contribution in [3.8, 4) is 0 Å². The maximum absolute atomic E-state index is 13.3. The van der Waals surface area contributed by atoms with E-state index in [2.05, 4.69) is 22.2 Å². The lowest BCUT2D eigenvalue weighted by molar-refractivity contribution is -0.136. The maximum atomic E-state index is 13.3. The predicted molar refractivity (Wildman–Crippen MR) is 178 cm³/mol. The molecule has 2 aromatic heterocycles. The van der Waals surface area contributed by atoms with E-state index in [-0.39, 0.29) is 37.0 Å². The molecule has 234 valence electrons. The van der Waals surface area contributed by atoms with Gasteiger partial charge >= 0.3 is 0 Å². The molecule has 3 aromatic carbocycles. The number of imide groups is 1. The molecule has 4 heterocycles. The number of thioether (sulfide) groups is 1. The molecule has 1 saturated heterocycles. The summed E-state index contributed by atoms with van der Waals surface area (Å²) < 4.78 is 6.10. The Morgan fingerprint density at radius 1 is 1.02 bits per heavy atom. The summed E-state index contributed by atoms with van der Waals surface area (Å²) in [6.07, 6.45) is 4.05. The fourth-order valence-corrected chi connectivity index (χ4v) is 7.14. The lowest BCUT2D eigenvalue weighted by atomic mass is 10.0. The molecule has 2 aliphatic rings. The molecule has 0 saturated carbocycles. The van der Waals surface area contributed by atoms with Gasteiger partial charge in [0.2, 0.25) is 17.7 Å². The van der Waals surface area contributed by atoms with Crippen LogP contribution in [-0.2, 0) is 26.6 Å². The third-order valence-electron chi connectivity index (χ3n) is 8.41. The van der Waals surface area contributed by atoms with Gasteiger partial charge in [0, 0.05) is 51.7 Å². The van der Waals surface area contributed by atoms with E-state index in [0.29, 0.717) is 28.3 Å². The van der Waals surface area contributed by atoms with Gasteiger partial charge in [-0.2, -0.15) is 0 Å². The number of furan rings is 1. The number of amides is 4. The maximum Gasteiger partial charge on any atom is 0.259 e. The molecule has 9 nitrogen and oxygen atoms in total. The zero-order valence-corrected chi connectivity index (χ0v) is 26.1. The molecule has 0 spiro atoms. The summed E-state index contributed by atoms with van der Waals surface area (Å²) in [5.41, 5.74) is 5.17. The number of hydrogen-bond donors (Lipinski definition) is 2. The third kappa shape index (κ3) is 6.07. The van der Waals surface area contributed by atoms with Crippen LogP contribution in [-0.4, -0.2) is 39.6 Å². The minimum Gasteiger partial charge on any atom is -0.459 e. The second-order valence-corrected chi connectivity index (χ2v) is 12.5. The van der Waals surface area contributed by atoms with Gasteiger partial charge in [0.15, 0.2) is 0 Å². The summed E-state index contributed by atoms with van der Waals surface area (Å²) >= 11 is 1.57. The lowest BCUT2D eigenvalue weighted by Crippen LogP contribution is -2.52. The van der Waals surface area contributed by atoms with Crippen LogP contribution in [0.3, 0.4) is 0 Å². The SMILES string of the molecule is C=C1c2c(SCc3ccc(CC(=O)NC(c4cccnc4)c4cc5ccccc5o4)cc3)cccc2C(=O)N1C1CCC(=O)NC1=O. The van der Waals surface area contributed by atoms with Crippen molar-refractivity contribution in [2.75, 3.05) is 0 Å². The van der Waals surface area contributed by atoms with Gasteiger partial charge in [-0.25, -0.2) is 0 Å². The molecule has 2 unspecified atom stereocenters. The van der Waals surface area contributed by atoms with Gasteiger partial charge in [0.25, 0.3) is 5.91 Å². The molecule has 0 aliphatic carbocycles. The first-order chi connectivity index (χ1) is 22.9. The monoisotopic (exact) mass is 642 g/mol. The average molecular weight is 643 g/mol. The van der Waals surface area contributed by atoms with Crippen molar-refractivity contribution in [3.05, 3.63) is 137 Å². The Morgan fingerprint density at radius 3 is 2.60 bits per heavy atom. The number of fused-ring (bicyclic) bond motifs is 2. The highest BCUT2D eigenvalue weighted by Crippen LogP contribution is 2.41. The summed E-state index contributed by atoms with van der Waals surface area (Å²) in [5, 5.41) is 6.42. The average Bonchev–Trinajstić information content (AvgIpc) is 3.62. The Kier molecular flexibility index (Phi) is 8.17. The number of aromatic nitrogens is 1. The van der Waals surface area contributed by atoms with Crippen molar-refractivity contribution in [2.45, 2.75) is 42.0 Å². The number of para-hydroxylation sites is 1. The lowest BCUT2D eigenvalue weighted by Gasteiger charge is -2.30. The van der Waals surface area contributed by atoms with Crippen LogP contribution < -0.4 is 10.6 Å². The van der Waals surface area contributed by atoms with Crippen LogP contribution in [0.4, 0.5) is 0 Å². The number of hydrogen-bond acceptors (Lipinski definition) is 7. The van der Waals surface area contributed by atoms with E-state index in [1.54, 1.807) is 30.2 Å². The summed E-state index contributed by atoms with van der Waals surface area (Å²) in [6, 6.07) is 25.6. The van der Waals surface area contributed by atoms with Gasteiger partial charge < -0.3 is 9.73 Å². The fourth-order valence-electron chi connectivity index (χ4n) is 6.08. The van der Waals surface area contributed by atoms with Gasteiger partial charge in [-0.15, -0.1) is 11.8 Å². The number of carbonyl (C=O) groups is 4. The molecule has 10 heteroatoms. The highest BCUT2D eigenvalue weighted by atomic mass is 32.2. The molecule has 4 amide bonds. The van der Waals surface area contributed by atoms with Crippen LogP contribution in [0.5, 0.6) is 0 Å². The van der Waals surface area contributed by atoms with E-state index in [1.807, 2.05) is 78.9 Å². The first-order valence-corrected chi connectivity index (χ1v) is 16.2. The Balaban J connectivity index is 1.01. The number of carbonyl (C=O) groups excluding carboxylic acids is 4. The minimum atomic E-state index is -0.763. The molecule has 2 aliphatic heterocycles. The molecule has 2 N–H and O–H groups in total. The fraction of sp³-hybridized carbons (Fsp3) is 0.162.